The summed E-state index contributed by atoms with van der Waals surface area (Å²) in [6, 6.07) is 36.8. The van der Waals surface area contributed by atoms with E-state index < -0.39 is 11.2 Å². The Morgan fingerprint density at radius 2 is 1.02 bits per heavy atom. The number of aliphatic hydroxyl groups is 2. The molecule has 0 heterocycles. The average Bonchev–Trinajstić information content (AvgIpc) is 3.01. The number of halogens is 2. The van der Waals surface area contributed by atoms with Crippen molar-refractivity contribution >= 4 is 23.2 Å². The van der Waals surface area contributed by atoms with Gasteiger partial charge in [0.05, 0.1) is 0 Å². The standard InChI is InChI=1S/C37H32Cl2O2/c1-2-3-5-10-25-17-19-26(20-18-25)27-21-23-29(24-22-27)37(41)31-14-9-15-32(38)34(31)36(40,28-11-6-4-7-12-28)30-13-8-16-33(39)35(30)37/h4,6-9,11-24,40-41H,2-3,5,10H2,1H3. The van der Waals surface area contributed by atoms with Crippen LogP contribution in [0.15, 0.2) is 115 Å². The third kappa shape index (κ3) is 4.60. The fraction of sp³-hybridized carbons (Fsp3) is 0.189. The number of benzene rings is 5. The molecule has 0 aliphatic heterocycles. The Morgan fingerprint density at radius 3 is 1.54 bits per heavy atom. The maximum Gasteiger partial charge on any atom is 0.142 e. The predicted molar refractivity (Wildman–Crippen MR) is 169 cm³/mol. The lowest BCUT2D eigenvalue weighted by Gasteiger charge is -2.46. The highest BCUT2D eigenvalue weighted by molar-refractivity contribution is 6.32. The molecule has 0 saturated carbocycles. The molecule has 1 aliphatic rings. The Bertz CT molecular complexity index is 1680. The zero-order chi connectivity index (χ0) is 28.6. The minimum atomic E-state index is -1.64. The Morgan fingerprint density at radius 1 is 0.537 bits per heavy atom. The van der Waals surface area contributed by atoms with E-state index in [0.717, 1.165) is 17.5 Å². The monoisotopic (exact) mass is 578 g/mol. The third-order valence-corrected chi connectivity index (χ3v) is 9.01. The summed E-state index contributed by atoms with van der Waals surface area (Å²) < 4.78 is 0. The highest BCUT2D eigenvalue weighted by Gasteiger charge is 2.52. The van der Waals surface area contributed by atoms with Gasteiger partial charge in [0.1, 0.15) is 11.2 Å². The number of aryl methyl sites for hydroxylation is 1. The first kappa shape index (κ1) is 27.8. The summed E-state index contributed by atoms with van der Waals surface area (Å²) in [5.41, 5.74) is 3.46. The molecule has 0 amide bonds. The van der Waals surface area contributed by atoms with Crippen molar-refractivity contribution in [1.29, 1.82) is 0 Å². The molecule has 2 atom stereocenters. The summed E-state index contributed by atoms with van der Waals surface area (Å²) in [5.74, 6) is 0. The zero-order valence-electron chi connectivity index (χ0n) is 22.9. The Labute approximate surface area is 251 Å². The largest absolute Gasteiger partial charge is 0.376 e. The Hall–Kier alpha value is -3.40. The van der Waals surface area contributed by atoms with Gasteiger partial charge in [-0.15, -0.1) is 0 Å². The lowest BCUT2D eigenvalue weighted by molar-refractivity contribution is 0.0749. The fourth-order valence-electron chi connectivity index (χ4n) is 6.28. The van der Waals surface area contributed by atoms with Gasteiger partial charge in [-0.2, -0.15) is 0 Å². The van der Waals surface area contributed by atoms with Crippen LogP contribution in [0, 0.1) is 0 Å². The van der Waals surface area contributed by atoms with Crippen LogP contribution < -0.4 is 0 Å². The summed E-state index contributed by atoms with van der Waals surface area (Å²) in [7, 11) is 0. The van der Waals surface area contributed by atoms with Gasteiger partial charge in [0.2, 0.25) is 0 Å². The molecule has 0 fully saturated rings. The van der Waals surface area contributed by atoms with Crippen molar-refractivity contribution in [3.8, 4) is 11.1 Å². The lowest BCUT2D eigenvalue weighted by atomic mass is 9.63. The Kier molecular flexibility index (Phi) is 7.52. The van der Waals surface area contributed by atoms with E-state index in [1.54, 1.807) is 24.3 Å². The van der Waals surface area contributed by atoms with Crippen LogP contribution in [0.5, 0.6) is 0 Å². The van der Waals surface area contributed by atoms with Gasteiger partial charge in [-0.05, 0) is 52.8 Å². The van der Waals surface area contributed by atoms with Crippen molar-refractivity contribution in [2.45, 2.75) is 43.8 Å². The van der Waals surface area contributed by atoms with E-state index in [4.69, 9.17) is 23.2 Å². The highest BCUT2D eigenvalue weighted by atomic mass is 35.5. The SMILES string of the molecule is CCCCCc1ccc(-c2ccc(C3(O)c4cccc(Cl)c4C(O)(c4ccccc4)c4cccc(Cl)c43)cc2)cc1. The van der Waals surface area contributed by atoms with Crippen LogP contribution >= 0.6 is 23.2 Å². The summed E-state index contributed by atoms with van der Waals surface area (Å²) in [5, 5.41) is 26.1. The summed E-state index contributed by atoms with van der Waals surface area (Å²) in [6.07, 6.45) is 4.76. The van der Waals surface area contributed by atoms with Crippen molar-refractivity contribution in [1.82, 2.24) is 0 Å². The quantitative estimate of drug-likeness (QED) is 0.189. The van der Waals surface area contributed by atoms with Crippen LogP contribution in [0.25, 0.3) is 11.1 Å². The van der Waals surface area contributed by atoms with E-state index >= 15 is 0 Å². The molecule has 4 heteroatoms. The molecular formula is C37H32Cl2O2. The number of hydrogen-bond acceptors (Lipinski definition) is 2. The number of unbranched alkanes of at least 4 members (excludes halogenated alkanes) is 2. The first-order chi connectivity index (χ1) is 19.9. The second-order valence-electron chi connectivity index (χ2n) is 10.8. The molecule has 5 aromatic carbocycles. The average molecular weight is 580 g/mol. The Balaban J connectivity index is 1.48. The smallest absolute Gasteiger partial charge is 0.142 e. The zero-order valence-corrected chi connectivity index (χ0v) is 24.5. The van der Waals surface area contributed by atoms with E-state index in [1.165, 1.54) is 24.8 Å². The molecule has 6 rings (SSSR count). The van der Waals surface area contributed by atoms with Crippen LogP contribution in [0.2, 0.25) is 10.0 Å². The van der Waals surface area contributed by atoms with Gasteiger partial charge in [0.15, 0.2) is 0 Å². The van der Waals surface area contributed by atoms with Crippen molar-refractivity contribution in [3.05, 3.63) is 164 Å². The number of hydrogen-bond donors (Lipinski definition) is 2. The van der Waals surface area contributed by atoms with Gasteiger partial charge in [-0.3, -0.25) is 0 Å². The molecule has 0 bridgehead atoms. The maximum atomic E-state index is 12.8. The van der Waals surface area contributed by atoms with Gasteiger partial charge in [-0.1, -0.05) is 146 Å². The van der Waals surface area contributed by atoms with Gasteiger partial charge >= 0.3 is 0 Å². The van der Waals surface area contributed by atoms with Crippen LogP contribution in [-0.4, -0.2) is 10.2 Å². The van der Waals surface area contributed by atoms with Crippen molar-refractivity contribution < 1.29 is 10.2 Å². The van der Waals surface area contributed by atoms with E-state index in [1.807, 2.05) is 66.7 Å². The molecule has 2 unspecified atom stereocenters. The maximum absolute atomic E-state index is 12.8. The molecule has 0 spiro atoms. The molecular weight excluding hydrogens is 547 g/mol. The molecule has 0 radical (unpaired) electrons. The number of rotatable bonds is 7. The number of fused-ring (bicyclic) bond motifs is 2. The lowest BCUT2D eigenvalue weighted by Crippen LogP contribution is -2.44. The van der Waals surface area contributed by atoms with Gasteiger partial charge in [-0.25, -0.2) is 0 Å². The van der Waals surface area contributed by atoms with Crippen molar-refractivity contribution in [2.24, 2.45) is 0 Å². The minimum Gasteiger partial charge on any atom is -0.376 e. The van der Waals surface area contributed by atoms with E-state index in [9.17, 15) is 10.2 Å². The topological polar surface area (TPSA) is 40.5 Å². The second kappa shape index (κ2) is 11.1. The minimum absolute atomic E-state index is 0.368. The molecule has 2 N–H and O–H groups in total. The van der Waals surface area contributed by atoms with E-state index in [2.05, 4.69) is 31.2 Å². The van der Waals surface area contributed by atoms with Crippen LogP contribution in [-0.2, 0) is 17.6 Å². The van der Waals surface area contributed by atoms with Crippen molar-refractivity contribution in [2.75, 3.05) is 0 Å². The van der Waals surface area contributed by atoms with E-state index in [-0.39, 0.29) is 0 Å². The second-order valence-corrected chi connectivity index (χ2v) is 11.7. The molecule has 5 aromatic rings. The van der Waals surface area contributed by atoms with Crippen LogP contribution in [0.4, 0.5) is 0 Å². The summed E-state index contributed by atoms with van der Waals surface area (Å²) in [6.45, 7) is 2.22. The summed E-state index contributed by atoms with van der Waals surface area (Å²) >= 11 is 13.7. The molecule has 41 heavy (non-hydrogen) atoms. The summed E-state index contributed by atoms with van der Waals surface area (Å²) in [4.78, 5) is 0. The predicted octanol–water partition coefficient (Wildman–Crippen LogP) is 9.27. The van der Waals surface area contributed by atoms with E-state index in [0.29, 0.717) is 43.4 Å². The molecule has 0 saturated heterocycles. The fourth-order valence-corrected chi connectivity index (χ4v) is 6.90. The molecule has 1 aliphatic carbocycles. The van der Waals surface area contributed by atoms with Gasteiger partial charge in [0, 0.05) is 32.3 Å². The molecule has 206 valence electrons. The molecule has 0 aromatic heterocycles. The first-order valence-corrected chi connectivity index (χ1v) is 14.9. The van der Waals surface area contributed by atoms with Crippen molar-refractivity contribution in [3.63, 3.8) is 0 Å². The van der Waals surface area contributed by atoms with Crippen LogP contribution in [0.1, 0.15) is 65.1 Å². The van der Waals surface area contributed by atoms with Gasteiger partial charge < -0.3 is 10.2 Å². The first-order valence-electron chi connectivity index (χ1n) is 14.2. The normalized spacial score (nSPS) is 19.4. The third-order valence-electron chi connectivity index (χ3n) is 8.38. The van der Waals surface area contributed by atoms with Gasteiger partial charge in [0.25, 0.3) is 0 Å². The van der Waals surface area contributed by atoms with Crippen LogP contribution in [0.3, 0.4) is 0 Å². The highest BCUT2D eigenvalue weighted by Crippen LogP contribution is 2.56. The molecule has 2 nitrogen and oxygen atoms in total.